The van der Waals surface area contributed by atoms with Crippen molar-refractivity contribution < 1.29 is 4.52 Å². The van der Waals surface area contributed by atoms with E-state index in [1.807, 2.05) is 23.0 Å². The molecule has 0 N–H and O–H groups in total. The first-order valence-electron chi connectivity index (χ1n) is 5.65. The molecule has 19 heavy (non-hydrogen) atoms. The average molecular weight is 296 g/mol. The number of hydrogen-bond donors (Lipinski definition) is 0. The molecule has 0 aromatic carbocycles. The van der Waals surface area contributed by atoms with Crippen LogP contribution in [0.15, 0.2) is 27.5 Å². The summed E-state index contributed by atoms with van der Waals surface area (Å²) in [5.41, 5.74) is 1.79. The molecule has 0 fully saturated rings. The fourth-order valence-corrected chi connectivity index (χ4v) is 2.42. The molecule has 0 aliphatic carbocycles. The minimum atomic E-state index is 0.433. The summed E-state index contributed by atoms with van der Waals surface area (Å²) in [4.78, 5) is 4.32. The minimum Gasteiger partial charge on any atom is -0.334 e. The highest BCUT2D eigenvalue weighted by Gasteiger charge is 2.10. The Morgan fingerprint density at radius 2 is 2.37 bits per heavy atom. The van der Waals surface area contributed by atoms with Gasteiger partial charge in [0.25, 0.3) is 5.89 Å². The Morgan fingerprint density at radius 3 is 3.16 bits per heavy atom. The van der Waals surface area contributed by atoms with Gasteiger partial charge in [-0.15, -0.1) is 16.7 Å². The predicted octanol–water partition coefficient (Wildman–Crippen LogP) is 2.22. The third kappa shape index (κ3) is 2.82. The van der Waals surface area contributed by atoms with Gasteiger partial charge in [-0.3, -0.25) is 0 Å². The van der Waals surface area contributed by atoms with E-state index in [1.165, 1.54) is 0 Å². The van der Waals surface area contributed by atoms with E-state index in [2.05, 4.69) is 20.5 Å². The number of halogens is 1. The number of rotatable bonds is 5. The zero-order valence-electron chi connectivity index (χ0n) is 9.86. The number of thiophene rings is 1. The van der Waals surface area contributed by atoms with Crippen LogP contribution in [0.2, 0.25) is 0 Å². The Hall–Kier alpha value is -1.73. The summed E-state index contributed by atoms with van der Waals surface area (Å²) in [6.45, 7) is 0.433. The molecule has 6 nitrogen and oxygen atoms in total. The Bertz CT molecular complexity index is 648. The molecule has 3 aromatic rings. The molecule has 3 aromatic heterocycles. The van der Waals surface area contributed by atoms with Gasteiger partial charge in [-0.05, 0) is 11.4 Å². The van der Waals surface area contributed by atoms with Gasteiger partial charge in [0.15, 0.2) is 5.82 Å². The van der Waals surface area contributed by atoms with Crippen LogP contribution in [0.3, 0.4) is 0 Å². The van der Waals surface area contributed by atoms with Gasteiger partial charge in [-0.25, -0.2) is 4.68 Å². The summed E-state index contributed by atoms with van der Waals surface area (Å²) in [5.74, 6) is 1.63. The van der Waals surface area contributed by atoms with Crippen LogP contribution >= 0.6 is 22.9 Å². The Labute approximate surface area is 118 Å². The zero-order chi connectivity index (χ0) is 13.1. The number of nitrogens with zero attached hydrogens (tertiary/aromatic N) is 5. The van der Waals surface area contributed by atoms with Crippen LogP contribution < -0.4 is 0 Å². The van der Waals surface area contributed by atoms with Crippen molar-refractivity contribution in [3.63, 3.8) is 0 Å². The maximum absolute atomic E-state index is 5.65. The molecular formula is C11H10ClN5OS. The smallest absolute Gasteiger partial charge is 0.258 e. The lowest BCUT2D eigenvalue weighted by Gasteiger charge is -1.92. The standard InChI is InChI=1S/C11H10ClN5OS/c12-3-1-9-5-17(16-14-9)6-10-13-11(18-15-10)8-2-4-19-7-8/h2,4-5,7H,1,3,6H2. The molecule has 0 aliphatic heterocycles. The molecule has 0 radical (unpaired) electrons. The lowest BCUT2D eigenvalue weighted by molar-refractivity contribution is 0.418. The summed E-state index contributed by atoms with van der Waals surface area (Å²) >= 11 is 7.24. The average Bonchev–Trinajstić information content (AvgIpc) is 3.10. The summed E-state index contributed by atoms with van der Waals surface area (Å²) < 4.78 is 6.87. The van der Waals surface area contributed by atoms with Crippen molar-refractivity contribution >= 4 is 22.9 Å². The van der Waals surface area contributed by atoms with Crippen LogP contribution in [0.5, 0.6) is 0 Å². The summed E-state index contributed by atoms with van der Waals surface area (Å²) in [6.07, 6.45) is 2.54. The van der Waals surface area contributed by atoms with E-state index in [4.69, 9.17) is 16.1 Å². The van der Waals surface area contributed by atoms with E-state index in [-0.39, 0.29) is 0 Å². The zero-order valence-corrected chi connectivity index (χ0v) is 11.4. The van der Waals surface area contributed by atoms with E-state index in [0.717, 1.165) is 11.3 Å². The molecule has 0 saturated heterocycles. The quantitative estimate of drug-likeness (QED) is 0.675. The fourth-order valence-electron chi connectivity index (χ4n) is 1.59. The SMILES string of the molecule is ClCCc1cn(Cc2noc(-c3ccsc3)n2)nn1. The summed E-state index contributed by atoms with van der Waals surface area (Å²) in [7, 11) is 0. The van der Waals surface area contributed by atoms with Crippen LogP contribution in [0, 0.1) is 0 Å². The van der Waals surface area contributed by atoms with E-state index in [1.54, 1.807) is 16.0 Å². The van der Waals surface area contributed by atoms with Crippen LogP contribution in [0.25, 0.3) is 11.5 Å². The first-order valence-corrected chi connectivity index (χ1v) is 7.13. The van der Waals surface area contributed by atoms with Gasteiger partial charge < -0.3 is 4.52 Å². The van der Waals surface area contributed by atoms with Gasteiger partial charge in [-0.1, -0.05) is 10.4 Å². The van der Waals surface area contributed by atoms with Crippen LogP contribution in [0.4, 0.5) is 0 Å². The highest BCUT2D eigenvalue weighted by molar-refractivity contribution is 7.08. The molecule has 98 valence electrons. The molecule has 0 bridgehead atoms. The van der Waals surface area contributed by atoms with Crippen LogP contribution in [-0.2, 0) is 13.0 Å². The predicted molar refractivity (Wildman–Crippen MR) is 71.2 cm³/mol. The second-order valence-corrected chi connectivity index (χ2v) is 5.03. The van der Waals surface area contributed by atoms with Gasteiger partial charge in [0.1, 0.15) is 6.54 Å². The number of aromatic nitrogens is 5. The maximum atomic E-state index is 5.65. The van der Waals surface area contributed by atoms with Crippen LogP contribution in [0.1, 0.15) is 11.5 Å². The molecular weight excluding hydrogens is 286 g/mol. The highest BCUT2D eigenvalue weighted by Crippen LogP contribution is 2.19. The largest absolute Gasteiger partial charge is 0.334 e. The van der Waals surface area contributed by atoms with Gasteiger partial charge in [0, 0.05) is 23.9 Å². The van der Waals surface area contributed by atoms with Crippen LogP contribution in [-0.4, -0.2) is 31.0 Å². The van der Waals surface area contributed by atoms with Gasteiger partial charge >= 0.3 is 0 Å². The lowest BCUT2D eigenvalue weighted by Crippen LogP contribution is -2.02. The van der Waals surface area contributed by atoms with E-state index in [0.29, 0.717) is 30.6 Å². The first kappa shape index (κ1) is 12.3. The molecule has 3 rings (SSSR count). The Morgan fingerprint density at radius 1 is 1.42 bits per heavy atom. The third-order valence-electron chi connectivity index (χ3n) is 2.48. The van der Waals surface area contributed by atoms with Crippen molar-refractivity contribution in [3.05, 3.63) is 34.5 Å². The summed E-state index contributed by atoms with van der Waals surface area (Å²) in [5, 5.41) is 15.9. The molecule has 0 unspecified atom stereocenters. The molecule has 0 atom stereocenters. The molecule has 0 spiro atoms. The molecule has 8 heteroatoms. The lowest BCUT2D eigenvalue weighted by atomic mass is 10.3. The second kappa shape index (κ2) is 5.50. The Kier molecular flexibility index (Phi) is 3.56. The van der Waals surface area contributed by atoms with E-state index >= 15 is 0 Å². The third-order valence-corrected chi connectivity index (χ3v) is 3.35. The van der Waals surface area contributed by atoms with Crippen molar-refractivity contribution in [3.8, 4) is 11.5 Å². The van der Waals surface area contributed by atoms with E-state index in [9.17, 15) is 0 Å². The van der Waals surface area contributed by atoms with Gasteiger partial charge in [-0.2, -0.15) is 16.3 Å². The first-order chi connectivity index (χ1) is 9.35. The van der Waals surface area contributed by atoms with Crippen molar-refractivity contribution in [1.82, 2.24) is 25.1 Å². The molecule has 0 aliphatic rings. The van der Waals surface area contributed by atoms with Crippen molar-refractivity contribution in [2.75, 3.05) is 5.88 Å². The molecule has 0 amide bonds. The Balaban J connectivity index is 1.72. The fraction of sp³-hybridized carbons (Fsp3) is 0.273. The second-order valence-electron chi connectivity index (χ2n) is 3.87. The summed E-state index contributed by atoms with van der Waals surface area (Å²) in [6, 6.07) is 1.94. The van der Waals surface area contributed by atoms with Gasteiger partial charge in [0.2, 0.25) is 0 Å². The van der Waals surface area contributed by atoms with Crippen molar-refractivity contribution in [2.45, 2.75) is 13.0 Å². The van der Waals surface area contributed by atoms with Gasteiger partial charge in [0.05, 0.1) is 11.3 Å². The van der Waals surface area contributed by atoms with Crippen molar-refractivity contribution in [2.24, 2.45) is 0 Å². The van der Waals surface area contributed by atoms with E-state index < -0.39 is 0 Å². The molecule has 0 saturated carbocycles. The maximum Gasteiger partial charge on any atom is 0.258 e. The number of hydrogen-bond acceptors (Lipinski definition) is 6. The minimum absolute atomic E-state index is 0.433. The normalized spacial score (nSPS) is 11.0. The monoisotopic (exact) mass is 295 g/mol. The topological polar surface area (TPSA) is 69.6 Å². The molecule has 3 heterocycles. The highest BCUT2D eigenvalue weighted by atomic mass is 35.5. The van der Waals surface area contributed by atoms with Crippen molar-refractivity contribution in [1.29, 1.82) is 0 Å². The number of aryl methyl sites for hydroxylation is 1. The number of alkyl halides is 1.